The number of benzene rings is 1. The van der Waals surface area contributed by atoms with Crippen molar-refractivity contribution >= 4 is 21.8 Å². The first kappa shape index (κ1) is 15.1. The second kappa shape index (κ2) is 8.24. The fourth-order valence-corrected chi connectivity index (χ4v) is 1.84. The molecule has 1 aromatic rings. The molecule has 0 aliphatic carbocycles. The highest BCUT2D eigenvalue weighted by Gasteiger charge is 2.13. The van der Waals surface area contributed by atoms with E-state index in [0.29, 0.717) is 26.1 Å². The maximum Gasteiger partial charge on any atom is 0.227 e. The number of nitrogens with zero attached hydrogens (tertiary/aromatic N) is 1. The zero-order valence-electron chi connectivity index (χ0n) is 10.4. The maximum atomic E-state index is 12.0. The summed E-state index contributed by atoms with van der Waals surface area (Å²) in [5.74, 6) is 0.00317. The first-order chi connectivity index (χ1) is 8.67. The van der Waals surface area contributed by atoms with Crippen LogP contribution in [0.3, 0.4) is 0 Å². The number of rotatable bonds is 7. The van der Waals surface area contributed by atoms with Gasteiger partial charge < -0.3 is 14.7 Å². The standard InChI is InChI=1S/C13H18BrNO3/c1-18-9-7-15(6-8-16)13(17)10-11-2-4-12(14)5-3-11/h2-5,16H,6-10H2,1H3. The number of carbonyl (C=O) groups excluding carboxylic acids is 1. The van der Waals surface area contributed by atoms with E-state index < -0.39 is 0 Å². The molecule has 18 heavy (non-hydrogen) atoms. The summed E-state index contributed by atoms with van der Waals surface area (Å²) in [5.41, 5.74) is 0.962. The van der Waals surface area contributed by atoms with E-state index >= 15 is 0 Å². The second-order valence-electron chi connectivity index (χ2n) is 3.90. The number of ether oxygens (including phenoxy) is 1. The van der Waals surface area contributed by atoms with Crippen molar-refractivity contribution in [2.45, 2.75) is 6.42 Å². The van der Waals surface area contributed by atoms with E-state index in [-0.39, 0.29) is 12.5 Å². The molecule has 1 amide bonds. The van der Waals surface area contributed by atoms with Gasteiger partial charge in [0, 0.05) is 24.7 Å². The van der Waals surface area contributed by atoms with Gasteiger partial charge in [-0.15, -0.1) is 0 Å². The molecular formula is C13H18BrNO3. The summed E-state index contributed by atoms with van der Waals surface area (Å²) in [6.45, 7) is 1.30. The van der Waals surface area contributed by atoms with Crippen LogP contribution in [0.1, 0.15) is 5.56 Å². The largest absolute Gasteiger partial charge is 0.395 e. The van der Waals surface area contributed by atoms with Crippen molar-refractivity contribution in [1.82, 2.24) is 4.90 Å². The van der Waals surface area contributed by atoms with E-state index in [0.717, 1.165) is 10.0 Å². The van der Waals surface area contributed by atoms with Gasteiger partial charge in [-0.05, 0) is 17.7 Å². The molecule has 1 N–H and O–H groups in total. The van der Waals surface area contributed by atoms with Crippen LogP contribution in [0, 0.1) is 0 Å². The lowest BCUT2D eigenvalue weighted by atomic mass is 10.1. The molecule has 1 aromatic carbocycles. The van der Waals surface area contributed by atoms with E-state index in [1.54, 1.807) is 12.0 Å². The number of methoxy groups -OCH3 is 1. The predicted octanol–water partition coefficient (Wildman–Crippen LogP) is 1.46. The Morgan fingerprint density at radius 1 is 1.33 bits per heavy atom. The topological polar surface area (TPSA) is 49.8 Å². The number of halogens is 1. The molecule has 0 aliphatic heterocycles. The molecule has 0 fully saturated rings. The van der Waals surface area contributed by atoms with Gasteiger partial charge in [-0.3, -0.25) is 4.79 Å². The van der Waals surface area contributed by atoms with E-state index in [4.69, 9.17) is 9.84 Å². The summed E-state index contributed by atoms with van der Waals surface area (Å²) in [6, 6.07) is 7.65. The van der Waals surface area contributed by atoms with E-state index in [1.807, 2.05) is 24.3 Å². The van der Waals surface area contributed by atoms with Gasteiger partial charge >= 0.3 is 0 Å². The van der Waals surface area contributed by atoms with E-state index in [1.165, 1.54) is 0 Å². The van der Waals surface area contributed by atoms with E-state index in [9.17, 15) is 4.79 Å². The number of hydrogen-bond donors (Lipinski definition) is 1. The molecule has 5 heteroatoms. The smallest absolute Gasteiger partial charge is 0.227 e. The molecule has 1 rings (SSSR count). The average molecular weight is 316 g/mol. The fourth-order valence-electron chi connectivity index (χ4n) is 1.57. The van der Waals surface area contributed by atoms with Gasteiger partial charge in [0.05, 0.1) is 19.6 Å². The Morgan fingerprint density at radius 3 is 2.56 bits per heavy atom. The first-order valence-corrected chi connectivity index (χ1v) is 6.58. The van der Waals surface area contributed by atoms with Crippen molar-refractivity contribution in [2.24, 2.45) is 0 Å². The van der Waals surface area contributed by atoms with Crippen molar-refractivity contribution in [2.75, 3.05) is 33.4 Å². The minimum atomic E-state index is -0.0320. The molecule has 100 valence electrons. The van der Waals surface area contributed by atoms with Crippen LogP contribution in [0.4, 0.5) is 0 Å². The molecule has 0 saturated heterocycles. The summed E-state index contributed by atoms with van der Waals surface area (Å²) in [7, 11) is 1.59. The average Bonchev–Trinajstić information content (AvgIpc) is 2.37. The number of aliphatic hydroxyl groups is 1. The van der Waals surface area contributed by atoms with Gasteiger partial charge in [0.25, 0.3) is 0 Å². The Kier molecular flexibility index (Phi) is 6.93. The van der Waals surface area contributed by atoms with Gasteiger partial charge in [0.2, 0.25) is 5.91 Å². The fraction of sp³-hybridized carbons (Fsp3) is 0.462. The third-order valence-electron chi connectivity index (χ3n) is 2.56. The Balaban J connectivity index is 2.57. The Bertz CT molecular complexity index is 367. The van der Waals surface area contributed by atoms with Crippen LogP contribution in [0.5, 0.6) is 0 Å². The van der Waals surface area contributed by atoms with Crippen molar-refractivity contribution in [3.05, 3.63) is 34.3 Å². The molecule has 0 spiro atoms. The number of hydrogen-bond acceptors (Lipinski definition) is 3. The normalized spacial score (nSPS) is 10.4. The molecule has 0 atom stereocenters. The monoisotopic (exact) mass is 315 g/mol. The lowest BCUT2D eigenvalue weighted by Gasteiger charge is -2.21. The molecule has 0 bridgehead atoms. The van der Waals surface area contributed by atoms with Crippen molar-refractivity contribution in [3.63, 3.8) is 0 Å². The summed E-state index contributed by atoms with van der Waals surface area (Å²) < 4.78 is 5.94. The van der Waals surface area contributed by atoms with Crippen LogP contribution in [0.25, 0.3) is 0 Å². The van der Waals surface area contributed by atoms with Crippen molar-refractivity contribution in [3.8, 4) is 0 Å². The van der Waals surface area contributed by atoms with Crippen LogP contribution in [0.2, 0.25) is 0 Å². The molecule has 0 saturated carbocycles. The Labute approximate surface area is 116 Å². The van der Waals surface area contributed by atoms with Gasteiger partial charge in [-0.2, -0.15) is 0 Å². The quantitative estimate of drug-likeness (QED) is 0.828. The van der Waals surface area contributed by atoms with Crippen molar-refractivity contribution in [1.29, 1.82) is 0 Å². The molecule has 0 radical (unpaired) electrons. The minimum absolute atomic E-state index is 0.00317. The van der Waals surface area contributed by atoms with Crippen LogP contribution < -0.4 is 0 Å². The lowest BCUT2D eigenvalue weighted by molar-refractivity contribution is -0.131. The van der Waals surface area contributed by atoms with Gasteiger partial charge in [0.1, 0.15) is 0 Å². The van der Waals surface area contributed by atoms with Crippen molar-refractivity contribution < 1.29 is 14.6 Å². The second-order valence-corrected chi connectivity index (χ2v) is 4.82. The maximum absolute atomic E-state index is 12.0. The molecule has 0 unspecified atom stereocenters. The predicted molar refractivity (Wildman–Crippen MR) is 73.4 cm³/mol. The molecule has 0 heterocycles. The van der Waals surface area contributed by atoms with Crippen LogP contribution in [0.15, 0.2) is 28.7 Å². The zero-order valence-corrected chi connectivity index (χ0v) is 12.0. The summed E-state index contributed by atoms with van der Waals surface area (Å²) in [5, 5.41) is 8.95. The number of amides is 1. The summed E-state index contributed by atoms with van der Waals surface area (Å²) in [4.78, 5) is 13.7. The Hall–Kier alpha value is -0.910. The van der Waals surface area contributed by atoms with Gasteiger partial charge in [-0.1, -0.05) is 28.1 Å². The molecule has 0 aromatic heterocycles. The third-order valence-corrected chi connectivity index (χ3v) is 3.09. The summed E-state index contributed by atoms with van der Waals surface area (Å²) >= 11 is 3.35. The molecule has 0 aliphatic rings. The Morgan fingerprint density at radius 2 is 2.00 bits per heavy atom. The summed E-state index contributed by atoms with van der Waals surface area (Å²) in [6.07, 6.45) is 0.344. The first-order valence-electron chi connectivity index (χ1n) is 5.79. The minimum Gasteiger partial charge on any atom is -0.395 e. The number of aliphatic hydroxyl groups excluding tert-OH is 1. The highest BCUT2D eigenvalue weighted by atomic mass is 79.9. The number of carbonyl (C=O) groups is 1. The lowest BCUT2D eigenvalue weighted by Crippen LogP contribution is -2.37. The highest BCUT2D eigenvalue weighted by molar-refractivity contribution is 9.10. The molecule has 4 nitrogen and oxygen atoms in total. The zero-order chi connectivity index (χ0) is 13.4. The van der Waals surface area contributed by atoms with Gasteiger partial charge in [0.15, 0.2) is 0 Å². The molecular weight excluding hydrogens is 298 g/mol. The highest BCUT2D eigenvalue weighted by Crippen LogP contribution is 2.11. The van der Waals surface area contributed by atoms with Crippen LogP contribution in [-0.4, -0.2) is 49.3 Å². The van der Waals surface area contributed by atoms with Crippen LogP contribution >= 0.6 is 15.9 Å². The van der Waals surface area contributed by atoms with Gasteiger partial charge in [-0.25, -0.2) is 0 Å². The third kappa shape index (κ3) is 5.16. The van der Waals surface area contributed by atoms with E-state index in [2.05, 4.69) is 15.9 Å². The van der Waals surface area contributed by atoms with Crippen LogP contribution in [-0.2, 0) is 16.0 Å². The SMILES string of the molecule is COCCN(CCO)C(=O)Cc1ccc(Br)cc1.